The van der Waals surface area contributed by atoms with Gasteiger partial charge in [-0.05, 0) is 54.4 Å². The van der Waals surface area contributed by atoms with Crippen molar-refractivity contribution >= 4 is 16.6 Å². The fourth-order valence-electron chi connectivity index (χ4n) is 2.60. The van der Waals surface area contributed by atoms with Crippen molar-refractivity contribution in [1.29, 1.82) is 0 Å². The van der Waals surface area contributed by atoms with E-state index in [0.717, 1.165) is 35.4 Å². The third-order valence-corrected chi connectivity index (χ3v) is 3.60. The zero-order chi connectivity index (χ0) is 13.4. The Kier molecular flexibility index (Phi) is 2.56. The molecule has 1 aromatic heterocycles. The Hall–Kier alpha value is -2.55. The molecule has 0 radical (unpaired) electrons. The lowest BCUT2D eigenvalue weighted by Gasteiger charge is -2.08. The van der Waals surface area contributed by atoms with Gasteiger partial charge in [-0.25, -0.2) is 0 Å². The SMILES string of the molecule is c1cnc2ccc(Oc3ccc4c(c3)CCN4)cc2c1. The van der Waals surface area contributed by atoms with E-state index in [1.807, 2.05) is 36.4 Å². The summed E-state index contributed by atoms with van der Waals surface area (Å²) in [6, 6.07) is 16.1. The lowest BCUT2D eigenvalue weighted by molar-refractivity contribution is 0.483. The lowest BCUT2D eigenvalue weighted by Crippen LogP contribution is -1.90. The van der Waals surface area contributed by atoms with E-state index in [9.17, 15) is 0 Å². The molecule has 1 aliphatic rings. The third-order valence-electron chi connectivity index (χ3n) is 3.60. The summed E-state index contributed by atoms with van der Waals surface area (Å²) in [5, 5.41) is 4.44. The van der Waals surface area contributed by atoms with Crippen LogP contribution in [0.3, 0.4) is 0 Å². The molecule has 20 heavy (non-hydrogen) atoms. The number of aromatic nitrogens is 1. The van der Waals surface area contributed by atoms with Gasteiger partial charge in [-0.2, -0.15) is 0 Å². The maximum absolute atomic E-state index is 5.96. The van der Waals surface area contributed by atoms with E-state index in [0.29, 0.717) is 0 Å². The Labute approximate surface area is 117 Å². The van der Waals surface area contributed by atoms with Gasteiger partial charge in [0.2, 0.25) is 0 Å². The summed E-state index contributed by atoms with van der Waals surface area (Å²) < 4.78 is 5.96. The van der Waals surface area contributed by atoms with Gasteiger partial charge in [-0.15, -0.1) is 0 Å². The molecule has 0 aliphatic carbocycles. The fourth-order valence-corrected chi connectivity index (χ4v) is 2.60. The minimum absolute atomic E-state index is 0.844. The van der Waals surface area contributed by atoms with E-state index in [4.69, 9.17) is 4.74 Å². The largest absolute Gasteiger partial charge is 0.457 e. The number of hydrogen-bond acceptors (Lipinski definition) is 3. The maximum atomic E-state index is 5.96. The second-order valence-corrected chi connectivity index (χ2v) is 4.96. The number of pyridine rings is 1. The smallest absolute Gasteiger partial charge is 0.128 e. The third kappa shape index (κ3) is 1.97. The zero-order valence-electron chi connectivity index (χ0n) is 11.0. The molecule has 3 nitrogen and oxygen atoms in total. The van der Waals surface area contributed by atoms with Gasteiger partial charge in [0, 0.05) is 23.8 Å². The first-order chi connectivity index (χ1) is 9.88. The van der Waals surface area contributed by atoms with E-state index in [2.05, 4.69) is 22.4 Å². The second-order valence-electron chi connectivity index (χ2n) is 4.96. The maximum Gasteiger partial charge on any atom is 0.128 e. The van der Waals surface area contributed by atoms with Gasteiger partial charge < -0.3 is 10.1 Å². The highest BCUT2D eigenvalue weighted by Gasteiger charge is 2.10. The standard InChI is InChI=1S/C17H14N2O/c1-2-12-10-14(3-5-16(12)18-8-1)20-15-4-6-17-13(11-15)7-9-19-17/h1-6,8,10-11,19H,7,9H2. The van der Waals surface area contributed by atoms with Crippen LogP contribution in [0.1, 0.15) is 5.56 Å². The lowest BCUT2D eigenvalue weighted by atomic mass is 10.1. The predicted octanol–water partition coefficient (Wildman–Crippen LogP) is 4.00. The van der Waals surface area contributed by atoms with Gasteiger partial charge in [0.05, 0.1) is 5.52 Å². The van der Waals surface area contributed by atoms with Crippen LogP contribution in [0.2, 0.25) is 0 Å². The molecule has 4 rings (SSSR count). The number of hydrogen-bond donors (Lipinski definition) is 1. The van der Waals surface area contributed by atoms with E-state index in [-0.39, 0.29) is 0 Å². The summed E-state index contributed by atoms with van der Waals surface area (Å²) in [5.74, 6) is 1.73. The molecule has 3 heteroatoms. The molecule has 98 valence electrons. The van der Waals surface area contributed by atoms with Crippen molar-refractivity contribution in [3.8, 4) is 11.5 Å². The van der Waals surface area contributed by atoms with Crippen LogP contribution in [0.5, 0.6) is 11.5 Å². The highest BCUT2D eigenvalue weighted by Crippen LogP contribution is 2.30. The van der Waals surface area contributed by atoms with Gasteiger partial charge in [0.25, 0.3) is 0 Å². The van der Waals surface area contributed by atoms with Gasteiger partial charge in [-0.1, -0.05) is 6.07 Å². The molecular weight excluding hydrogens is 248 g/mol. The van der Waals surface area contributed by atoms with Crippen LogP contribution in [-0.2, 0) is 6.42 Å². The number of benzene rings is 2. The summed E-state index contributed by atoms with van der Waals surface area (Å²) in [4.78, 5) is 4.31. The number of fused-ring (bicyclic) bond motifs is 2. The highest BCUT2D eigenvalue weighted by molar-refractivity contribution is 5.79. The summed E-state index contributed by atoms with van der Waals surface area (Å²) >= 11 is 0. The fraction of sp³-hybridized carbons (Fsp3) is 0.118. The highest BCUT2D eigenvalue weighted by atomic mass is 16.5. The minimum Gasteiger partial charge on any atom is -0.457 e. The number of anilines is 1. The Morgan fingerprint density at radius 3 is 2.90 bits per heavy atom. The molecule has 2 aromatic carbocycles. The number of nitrogens with zero attached hydrogens (tertiary/aromatic N) is 1. The molecule has 0 saturated heterocycles. The van der Waals surface area contributed by atoms with Crippen molar-refractivity contribution in [3.63, 3.8) is 0 Å². The van der Waals surface area contributed by atoms with Gasteiger partial charge in [-0.3, -0.25) is 4.98 Å². The molecule has 2 heterocycles. The molecule has 3 aromatic rings. The first-order valence-corrected chi connectivity index (χ1v) is 6.78. The van der Waals surface area contributed by atoms with Crippen molar-refractivity contribution in [2.75, 3.05) is 11.9 Å². The van der Waals surface area contributed by atoms with Crippen LogP contribution >= 0.6 is 0 Å². The Morgan fingerprint density at radius 2 is 1.90 bits per heavy atom. The first kappa shape index (κ1) is 11.3. The van der Waals surface area contributed by atoms with Crippen molar-refractivity contribution in [2.24, 2.45) is 0 Å². The van der Waals surface area contributed by atoms with Crippen molar-refractivity contribution < 1.29 is 4.74 Å². The number of ether oxygens (including phenoxy) is 1. The quantitative estimate of drug-likeness (QED) is 0.758. The molecule has 0 unspecified atom stereocenters. The zero-order valence-corrected chi connectivity index (χ0v) is 11.0. The van der Waals surface area contributed by atoms with E-state index in [1.54, 1.807) is 6.20 Å². The van der Waals surface area contributed by atoms with Gasteiger partial charge in [0.1, 0.15) is 11.5 Å². The molecule has 0 fully saturated rings. The van der Waals surface area contributed by atoms with Gasteiger partial charge >= 0.3 is 0 Å². The Bertz CT molecular complexity index is 783. The number of nitrogens with one attached hydrogen (secondary N) is 1. The molecule has 0 amide bonds. The summed E-state index contributed by atoms with van der Waals surface area (Å²) in [6.07, 6.45) is 2.87. The van der Waals surface area contributed by atoms with Crippen LogP contribution in [0.4, 0.5) is 5.69 Å². The molecule has 0 atom stereocenters. The molecule has 0 spiro atoms. The van der Waals surface area contributed by atoms with Crippen LogP contribution in [0.25, 0.3) is 10.9 Å². The monoisotopic (exact) mass is 262 g/mol. The Balaban J connectivity index is 1.67. The van der Waals surface area contributed by atoms with Gasteiger partial charge in [0.15, 0.2) is 0 Å². The molecule has 1 N–H and O–H groups in total. The average molecular weight is 262 g/mol. The second kappa shape index (κ2) is 4.53. The summed E-state index contributed by atoms with van der Waals surface area (Å²) in [5.41, 5.74) is 3.53. The normalized spacial score (nSPS) is 13.0. The van der Waals surface area contributed by atoms with Crippen LogP contribution in [0.15, 0.2) is 54.7 Å². The van der Waals surface area contributed by atoms with Crippen LogP contribution < -0.4 is 10.1 Å². The summed E-state index contributed by atoms with van der Waals surface area (Å²) in [6.45, 7) is 1.01. The van der Waals surface area contributed by atoms with E-state index < -0.39 is 0 Å². The Morgan fingerprint density at radius 1 is 1.00 bits per heavy atom. The molecular formula is C17H14N2O. The molecule has 0 saturated carbocycles. The topological polar surface area (TPSA) is 34.1 Å². The number of rotatable bonds is 2. The van der Waals surface area contributed by atoms with Crippen LogP contribution in [0, 0.1) is 0 Å². The summed E-state index contributed by atoms with van der Waals surface area (Å²) in [7, 11) is 0. The van der Waals surface area contributed by atoms with E-state index in [1.165, 1.54) is 11.3 Å². The molecule has 0 bridgehead atoms. The predicted molar refractivity (Wildman–Crippen MR) is 80.5 cm³/mol. The first-order valence-electron chi connectivity index (χ1n) is 6.78. The minimum atomic E-state index is 0.844. The molecule has 1 aliphatic heterocycles. The van der Waals surface area contributed by atoms with Crippen molar-refractivity contribution in [2.45, 2.75) is 6.42 Å². The van der Waals surface area contributed by atoms with Crippen molar-refractivity contribution in [3.05, 3.63) is 60.3 Å². The average Bonchev–Trinajstić information content (AvgIpc) is 2.95. The van der Waals surface area contributed by atoms with E-state index >= 15 is 0 Å². The van der Waals surface area contributed by atoms with Crippen molar-refractivity contribution in [1.82, 2.24) is 4.98 Å². The van der Waals surface area contributed by atoms with Crippen LogP contribution in [-0.4, -0.2) is 11.5 Å².